The summed E-state index contributed by atoms with van der Waals surface area (Å²) in [5, 5.41) is 9.38. The van der Waals surface area contributed by atoms with Crippen molar-refractivity contribution in [1.29, 1.82) is 5.26 Å². The minimum absolute atomic E-state index is 0.688. The van der Waals surface area contributed by atoms with E-state index in [0.29, 0.717) is 5.57 Å². The molecular weight excluding hydrogens is 359 g/mol. The van der Waals surface area contributed by atoms with Gasteiger partial charge in [-0.2, -0.15) is 5.26 Å². The molecule has 0 aliphatic rings. The molecule has 0 heterocycles. The lowest BCUT2D eigenvalue weighted by molar-refractivity contribution is 1.13. The molecule has 100 valence electrons. The average Bonchev–Trinajstić information content (AvgIpc) is 2.46. The zero-order valence-corrected chi connectivity index (χ0v) is 13.6. The first-order valence-corrected chi connectivity index (χ1v) is 7.34. The van der Waals surface area contributed by atoms with E-state index in [9.17, 15) is 5.26 Å². The van der Waals surface area contributed by atoms with Crippen LogP contribution < -0.4 is 4.90 Å². The summed E-state index contributed by atoms with van der Waals surface area (Å²) in [5.41, 5.74) is 3.85. The van der Waals surface area contributed by atoms with E-state index in [2.05, 4.69) is 45.7 Å². The van der Waals surface area contributed by atoms with Gasteiger partial charge in [0.15, 0.2) is 0 Å². The topological polar surface area (TPSA) is 27.0 Å². The third-order valence-corrected chi connectivity index (χ3v) is 3.95. The molecule has 0 aliphatic heterocycles. The van der Waals surface area contributed by atoms with Crippen LogP contribution in [0.4, 0.5) is 5.69 Å². The number of benzene rings is 2. The number of anilines is 1. The quantitative estimate of drug-likeness (QED) is 0.452. The van der Waals surface area contributed by atoms with E-state index in [1.165, 1.54) is 0 Å². The highest BCUT2D eigenvalue weighted by molar-refractivity contribution is 14.1. The number of rotatable bonds is 3. The summed E-state index contributed by atoms with van der Waals surface area (Å²) in [7, 11) is 4.02. The van der Waals surface area contributed by atoms with Crippen LogP contribution in [-0.2, 0) is 0 Å². The zero-order valence-electron chi connectivity index (χ0n) is 11.5. The highest BCUT2D eigenvalue weighted by Gasteiger charge is 2.05. The standard InChI is InChI=1S/C17H15IN2/c1-20(2)15-9-7-13(8-10-15)11-14(12-19)16-5-3-4-6-17(16)18/h3-11H,1-2H3/b14-11+. The SMILES string of the molecule is CN(C)c1ccc(/C=C(\C#N)c2ccccc2I)cc1. The number of nitrogens with zero attached hydrogens (tertiary/aromatic N) is 2. The van der Waals surface area contributed by atoms with E-state index < -0.39 is 0 Å². The molecule has 0 atom stereocenters. The van der Waals surface area contributed by atoms with E-state index in [0.717, 1.165) is 20.4 Å². The van der Waals surface area contributed by atoms with Gasteiger partial charge in [0.1, 0.15) is 0 Å². The van der Waals surface area contributed by atoms with E-state index in [4.69, 9.17) is 0 Å². The Balaban J connectivity index is 2.37. The van der Waals surface area contributed by atoms with E-state index in [-0.39, 0.29) is 0 Å². The molecule has 0 bridgehead atoms. The van der Waals surface area contributed by atoms with Crippen molar-refractivity contribution >= 4 is 39.9 Å². The molecule has 0 amide bonds. The molecule has 0 unspecified atom stereocenters. The Hall–Kier alpha value is -1.80. The Morgan fingerprint density at radius 2 is 1.75 bits per heavy atom. The van der Waals surface area contributed by atoms with Gasteiger partial charge in [-0.1, -0.05) is 30.3 Å². The summed E-state index contributed by atoms with van der Waals surface area (Å²) in [6.07, 6.45) is 1.93. The largest absolute Gasteiger partial charge is 0.378 e. The van der Waals surface area contributed by atoms with Crippen LogP contribution in [0.1, 0.15) is 11.1 Å². The van der Waals surface area contributed by atoms with Crippen LogP contribution in [-0.4, -0.2) is 14.1 Å². The predicted octanol–water partition coefficient (Wildman–Crippen LogP) is 4.42. The molecule has 0 saturated carbocycles. The third-order valence-electron chi connectivity index (χ3n) is 3.00. The lowest BCUT2D eigenvalue weighted by Gasteiger charge is -2.12. The Labute approximate surface area is 133 Å². The molecule has 2 aromatic carbocycles. The summed E-state index contributed by atoms with van der Waals surface area (Å²) in [5.74, 6) is 0. The summed E-state index contributed by atoms with van der Waals surface area (Å²) in [6.45, 7) is 0. The van der Waals surface area contributed by atoms with Crippen molar-refractivity contribution in [2.75, 3.05) is 19.0 Å². The lowest BCUT2D eigenvalue weighted by Crippen LogP contribution is -2.07. The van der Waals surface area contributed by atoms with E-state index in [1.54, 1.807) is 0 Å². The van der Waals surface area contributed by atoms with Crippen molar-refractivity contribution in [2.45, 2.75) is 0 Å². The summed E-state index contributed by atoms with van der Waals surface area (Å²) < 4.78 is 1.09. The molecule has 2 nitrogen and oxygen atoms in total. The minimum atomic E-state index is 0.688. The van der Waals surface area contributed by atoms with E-state index >= 15 is 0 Å². The molecule has 20 heavy (non-hydrogen) atoms. The van der Waals surface area contributed by atoms with Gasteiger partial charge in [0.25, 0.3) is 0 Å². The fraction of sp³-hybridized carbons (Fsp3) is 0.118. The number of hydrogen-bond donors (Lipinski definition) is 0. The second-order valence-electron chi connectivity index (χ2n) is 4.64. The number of nitriles is 1. The number of hydrogen-bond acceptors (Lipinski definition) is 2. The fourth-order valence-electron chi connectivity index (χ4n) is 1.89. The molecule has 0 saturated heterocycles. The van der Waals surface area contributed by atoms with Crippen LogP contribution in [0, 0.1) is 14.9 Å². The monoisotopic (exact) mass is 374 g/mol. The van der Waals surface area contributed by atoms with Crippen molar-refractivity contribution in [1.82, 2.24) is 0 Å². The van der Waals surface area contributed by atoms with Crippen LogP contribution in [0.2, 0.25) is 0 Å². The highest BCUT2D eigenvalue weighted by Crippen LogP contribution is 2.23. The minimum Gasteiger partial charge on any atom is -0.378 e. The van der Waals surface area contributed by atoms with Gasteiger partial charge in [-0.3, -0.25) is 0 Å². The lowest BCUT2D eigenvalue weighted by atomic mass is 10.0. The second-order valence-corrected chi connectivity index (χ2v) is 5.80. The van der Waals surface area contributed by atoms with Gasteiger partial charge in [-0.05, 0) is 52.4 Å². The molecule has 3 heteroatoms. The van der Waals surface area contributed by atoms with Crippen molar-refractivity contribution in [2.24, 2.45) is 0 Å². The molecule has 0 aromatic heterocycles. The number of halogens is 1. The zero-order chi connectivity index (χ0) is 14.5. The van der Waals surface area contributed by atoms with Gasteiger partial charge in [0, 0.05) is 28.9 Å². The predicted molar refractivity (Wildman–Crippen MR) is 93.4 cm³/mol. The van der Waals surface area contributed by atoms with Crippen molar-refractivity contribution in [3.05, 3.63) is 63.2 Å². The first-order valence-electron chi connectivity index (χ1n) is 6.26. The first kappa shape index (κ1) is 14.6. The summed E-state index contributed by atoms with van der Waals surface area (Å²) >= 11 is 2.26. The molecule has 0 radical (unpaired) electrons. The molecular formula is C17H15IN2. The van der Waals surface area contributed by atoms with Gasteiger partial charge in [0.2, 0.25) is 0 Å². The maximum atomic E-state index is 9.38. The van der Waals surface area contributed by atoms with E-state index in [1.807, 2.05) is 56.6 Å². The van der Waals surface area contributed by atoms with Crippen LogP contribution in [0.3, 0.4) is 0 Å². The molecule has 2 aromatic rings. The molecule has 0 spiro atoms. The highest BCUT2D eigenvalue weighted by atomic mass is 127. The van der Waals surface area contributed by atoms with Crippen molar-refractivity contribution in [3.8, 4) is 6.07 Å². The molecule has 2 rings (SSSR count). The van der Waals surface area contributed by atoms with Crippen LogP contribution in [0.15, 0.2) is 48.5 Å². The normalized spacial score (nSPS) is 11.0. The Morgan fingerprint density at radius 1 is 1.10 bits per heavy atom. The molecule has 0 N–H and O–H groups in total. The van der Waals surface area contributed by atoms with Gasteiger partial charge in [-0.25, -0.2) is 0 Å². The Kier molecular flexibility index (Phi) is 4.80. The average molecular weight is 374 g/mol. The maximum absolute atomic E-state index is 9.38. The first-order chi connectivity index (χ1) is 9.61. The Bertz CT molecular complexity index is 664. The smallest absolute Gasteiger partial charge is 0.0998 e. The van der Waals surface area contributed by atoms with Gasteiger partial charge in [-0.15, -0.1) is 0 Å². The van der Waals surface area contributed by atoms with Crippen LogP contribution in [0.5, 0.6) is 0 Å². The maximum Gasteiger partial charge on any atom is 0.0998 e. The van der Waals surface area contributed by atoms with Gasteiger partial charge >= 0.3 is 0 Å². The number of allylic oxidation sites excluding steroid dienone is 1. The summed E-state index contributed by atoms with van der Waals surface area (Å²) in [4.78, 5) is 2.05. The van der Waals surface area contributed by atoms with Gasteiger partial charge in [0.05, 0.1) is 11.6 Å². The van der Waals surface area contributed by atoms with Crippen molar-refractivity contribution in [3.63, 3.8) is 0 Å². The fourth-order valence-corrected chi connectivity index (χ4v) is 2.56. The van der Waals surface area contributed by atoms with Crippen LogP contribution in [0.25, 0.3) is 11.6 Å². The van der Waals surface area contributed by atoms with Gasteiger partial charge < -0.3 is 4.90 Å². The molecule has 0 fully saturated rings. The Morgan fingerprint density at radius 3 is 2.30 bits per heavy atom. The summed E-state index contributed by atoms with van der Waals surface area (Å²) in [6, 6.07) is 18.4. The van der Waals surface area contributed by atoms with Crippen molar-refractivity contribution < 1.29 is 0 Å². The molecule has 0 aliphatic carbocycles. The second kappa shape index (κ2) is 6.58. The third kappa shape index (κ3) is 3.40. The van der Waals surface area contributed by atoms with Crippen LogP contribution >= 0.6 is 22.6 Å².